The average Bonchev–Trinajstić information content (AvgIpc) is 2.83. The van der Waals surface area contributed by atoms with Crippen LogP contribution in [-0.2, 0) is 13.0 Å². The summed E-state index contributed by atoms with van der Waals surface area (Å²) in [6.45, 7) is 5.15. The molecular weight excluding hydrogens is 240 g/mol. The summed E-state index contributed by atoms with van der Waals surface area (Å²) in [5.74, 6) is -0.0217. The molecule has 0 aliphatic carbocycles. The summed E-state index contributed by atoms with van der Waals surface area (Å²) >= 11 is 0. The van der Waals surface area contributed by atoms with Crippen molar-refractivity contribution in [3.63, 3.8) is 0 Å². The first-order valence-corrected chi connectivity index (χ1v) is 6.29. The molecule has 5 nitrogen and oxygen atoms in total. The Hall–Kier alpha value is -2.01. The van der Waals surface area contributed by atoms with Crippen molar-refractivity contribution in [2.24, 2.45) is 5.73 Å². The molecule has 0 fully saturated rings. The van der Waals surface area contributed by atoms with Crippen LogP contribution in [0, 0.1) is 13.8 Å². The van der Waals surface area contributed by atoms with E-state index in [0.29, 0.717) is 25.2 Å². The van der Waals surface area contributed by atoms with E-state index in [1.54, 1.807) is 10.9 Å². The zero-order chi connectivity index (χ0) is 13.8. The maximum Gasteiger partial charge on any atom is 0.189 e. The van der Waals surface area contributed by atoms with Gasteiger partial charge in [-0.2, -0.15) is 0 Å². The second kappa shape index (κ2) is 5.75. The fraction of sp³-hybridized carbons (Fsp3) is 0.357. The first-order chi connectivity index (χ1) is 9.10. The van der Waals surface area contributed by atoms with Gasteiger partial charge in [-0.25, -0.2) is 0 Å². The van der Waals surface area contributed by atoms with Crippen LogP contribution in [-0.4, -0.2) is 27.3 Å². The predicted molar refractivity (Wildman–Crippen MR) is 73.0 cm³/mol. The van der Waals surface area contributed by atoms with Crippen LogP contribution in [0.4, 0.5) is 0 Å². The molecule has 0 radical (unpaired) electrons. The molecule has 100 valence electrons. The molecule has 0 spiro atoms. The number of carbonyl (C=O) groups excluding carboxylic acids is 1. The van der Waals surface area contributed by atoms with Crippen molar-refractivity contribution in [1.82, 2.24) is 15.0 Å². The van der Waals surface area contributed by atoms with E-state index in [2.05, 4.69) is 17.2 Å². The summed E-state index contributed by atoms with van der Waals surface area (Å²) in [7, 11) is 0. The Labute approximate surface area is 112 Å². The van der Waals surface area contributed by atoms with Crippen LogP contribution in [0.1, 0.15) is 27.2 Å². The highest BCUT2D eigenvalue weighted by molar-refractivity contribution is 5.95. The van der Waals surface area contributed by atoms with Crippen molar-refractivity contribution < 1.29 is 4.79 Å². The molecule has 1 aromatic carbocycles. The van der Waals surface area contributed by atoms with Gasteiger partial charge in [-0.1, -0.05) is 23.4 Å². The number of Topliss-reactive ketones (excluding diaryl/α,β-unsaturated/α-hetero) is 1. The summed E-state index contributed by atoms with van der Waals surface area (Å²) in [5.41, 5.74) is 9.24. The minimum Gasteiger partial charge on any atom is -0.329 e. The topological polar surface area (TPSA) is 73.8 Å². The van der Waals surface area contributed by atoms with Gasteiger partial charge in [0, 0.05) is 13.0 Å². The van der Waals surface area contributed by atoms with Gasteiger partial charge in [0.2, 0.25) is 0 Å². The number of rotatable bonds is 5. The average molecular weight is 258 g/mol. The molecule has 0 aliphatic heterocycles. The Balaban J connectivity index is 2.09. The molecule has 1 aromatic heterocycles. The largest absolute Gasteiger partial charge is 0.329 e. The van der Waals surface area contributed by atoms with Gasteiger partial charge in [0.15, 0.2) is 5.78 Å². The Bertz CT molecular complexity index is 589. The number of nitrogens with zero attached hydrogens (tertiary/aromatic N) is 3. The zero-order valence-corrected chi connectivity index (χ0v) is 11.3. The lowest BCUT2D eigenvalue weighted by molar-refractivity contribution is 0.0988. The maximum atomic E-state index is 12.1. The first kappa shape index (κ1) is 13.4. The highest BCUT2D eigenvalue weighted by Crippen LogP contribution is 2.12. The Morgan fingerprint density at radius 2 is 2.11 bits per heavy atom. The van der Waals surface area contributed by atoms with E-state index < -0.39 is 0 Å². The molecule has 0 unspecified atom stereocenters. The normalized spacial score (nSPS) is 10.7. The summed E-state index contributed by atoms with van der Waals surface area (Å²) in [6, 6.07) is 6.05. The number of carbonyl (C=O) groups is 1. The van der Waals surface area contributed by atoms with Crippen molar-refractivity contribution in [2.45, 2.75) is 26.8 Å². The van der Waals surface area contributed by atoms with Gasteiger partial charge in [0.25, 0.3) is 0 Å². The molecule has 0 saturated heterocycles. The van der Waals surface area contributed by atoms with Gasteiger partial charge in [0.1, 0.15) is 5.69 Å². The molecule has 5 heteroatoms. The summed E-state index contributed by atoms with van der Waals surface area (Å²) < 4.78 is 1.59. The van der Waals surface area contributed by atoms with E-state index >= 15 is 0 Å². The third kappa shape index (κ3) is 3.26. The molecule has 2 N–H and O–H groups in total. The predicted octanol–water partition coefficient (Wildman–Crippen LogP) is 1.28. The lowest BCUT2D eigenvalue weighted by atomic mass is 10.0. The van der Waals surface area contributed by atoms with Crippen LogP contribution < -0.4 is 5.73 Å². The summed E-state index contributed by atoms with van der Waals surface area (Å²) in [6.07, 6.45) is 2.00. The molecule has 19 heavy (non-hydrogen) atoms. The Kier molecular flexibility index (Phi) is 4.06. The van der Waals surface area contributed by atoms with Crippen LogP contribution in [0.2, 0.25) is 0 Å². The molecule has 0 aliphatic rings. The summed E-state index contributed by atoms with van der Waals surface area (Å²) in [4.78, 5) is 12.1. The highest BCUT2D eigenvalue weighted by atomic mass is 16.1. The van der Waals surface area contributed by atoms with Crippen LogP contribution in [0.15, 0.2) is 24.4 Å². The fourth-order valence-corrected chi connectivity index (χ4v) is 1.86. The summed E-state index contributed by atoms with van der Waals surface area (Å²) in [5, 5.41) is 7.74. The lowest BCUT2D eigenvalue weighted by Gasteiger charge is -2.03. The fourth-order valence-electron chi connectivity index (χ4n) is 1.86. The number of nitrogens with two attached hydrogens (primary N) is 1. The van der Waals surface area contributed by atoms with E-state index in [9.17, 15) is 4.79 Å². The number of ketones is 1. The maximum absolute atomic E-state index is 12.1. The lowest BCUT2D eigenvalue weighted by Crippen LogP contribution is -2.10. The van der Waals surface area contributed by atoms with Gasteiger partial charge in [-0.15, -0.1) is 5.10 Å². The number of hydrogen-bond donors (Lipinski definition) is 1. The van der Waals surface area contributed by atoms with Crippen LogP contribution >= 0.6 is 0 Å². The number of hydrogen-bond acceptors (Lipinski definition) is 4. The highest BCUT2D eigenvalue weighted by Gasteiger charge is 2.11. The molecule has 2 aromatic rings. The Morgan fingerprint density at radius 1 is 1.32 bits per heavy atom. The van der Waals surface area contributed by atoms with E-state index in [0.717, 1.165) is 5.56 Å². The molecule has 1 heterocycles. The molecule has 2 rings (SSSR count). The minimum atomic E-state index is -0.0217. The standard InChI is InChI=1S/C14H18N4O/c1-10-3-4-12(7-11(10)2)8-14(19)13-9-18(6-5-15)17-16-13/h3-4,7,9H,5-6,8,15H2,1-2H3. The van der Waals surface area contributed by atoms with E-state index in [1.807, 2.05) is 25.1 Å². The van der Waals surface area contributed by atoms with Crippen molar-refractivity contribution in [1.29, 1.82) is 0 Å². The molecular formula is C14H18N4O. The van der Waals surface area contributed by atoms with E-state index in [-0.39, 0.29) is 5.78 Å². The third-order valence-electron chi connectivity index (χ3n) is 3.12. The quantitative estimate of drug-likeness (QED) is 0.820. The van der Waals surface area contributed by atoms with E-state index in [4.69, 9.17) is 5.73 Å². The van der Waals surface area contributed by atoms with Crippen molar-refractivity contribution in [3.8, 4) is 0 Å². The molecule has 0 bridgehead atoms. The SMILES string of the molecule is Cc1ccc(CC(=O)c2cn(CCN)nn2)cc1C. The molecule has 0 saturated carbocycles. The van der Waals surface area contributed by atoms with Crippen LogP contribution in [0.5, 0.6) is 0 Å². The molecule has 0 atom stereocenters. The van der Waals surface area contributed by atoms with Crippen LogP contribution in [0.25, 0.3) is 0 Å². The third-order valence-corrected chi connectivity index (χ3v) is 3.12. The van der Waals surface area contributed by atoms with E-state index in [1.165, 1.54) is 11.1 Å². The van der Waals surface area contributed by atoms with Crippen LogP contribution in [0.3, 0.4) is 0 Å². The smallest absolute Gasteiger partial charge is 0.189 e. The van der Waals surface area contributed by atoms with Gasteiger partial charge in [0.05, 0.1) is 12.7 Å². The Morgan fingerprint density at radius 3 is 2.79 bits per heavy atom. The van der Waals surface area contributed by atoms with Crippen molar-refractivity contribution in [2.75, 3.05) is 6.54 Å². The number of benzene rings is 1. The minimum absolute atomic E-state index is 0.0217. The second-order valence-corrected chi connectivity index (χ2v) is 4.67. The van der Waals surface area contributed by atoms with Gasteiger partial charge in [-0.05, 0) is 30.5 Å². The van der Waals surface area contributed by atoms with Crippen molar-refractivity contribution in [3.05, 3.63) is 46.8 Å². The second-order valence-electron chi connectivity index (χ2n) is 4.67. The molecule has 0 amide bonds. The first-order valence-electron chi connectivity index (χ1n) is 6.29. The number of aryl methyl sites for hydroxylation is 2. The number of aromatic nitrogens is 3. The van der Waals surface area contributed by atoms with Gasteiger partial charge >= 0.3 is 0 Å². The zero-order valence-electron chi connectivity index (χ0n) is 11.3. The van der Waals surface area contributed by atoms with Crippen molar-refractivity contribution >= 4 is 5.78 Å². The van der Waals surface area contributed by atoms with Gasteiger partial charge in [-0.3, -0.25) is 9.48 Å². The monoisotopic (exact) mass is 258 g/mol. The van der Waals surface area contributed by atoms with Gasteiger partial charge < -0.3 is 5.73 Å².